The van der Waals surface area contributed by atoms with Crippen molar-refractivity contribution in [3.63, 3.8) is 0 Å². The first kappa shape index (κ1) is 12.0. The van der Waals surface area contributed by atoms with E-state index in [1.54, 1.807) is 12.1 Å². The average Bonchev–Trinajstić information content (AvgIpc) is 2.19. The fraction of sp³-hybridized carbons (Fsp3) is 0.167. The maximum atomic E-state index is 13.0. The number of nitrogens with two attached hydrogens (primary N) is 1. The van der Waals surface area contributed by atoms with Crippen LogP contribution in [0.1, 0.15) is 5.56 Å². The van der Waals surface area contributed by atoms with Gasteiger partial charge in [-0.25, -0.2) is 4.39 Å². The van der Waals surface area contributed by atoms with Crippen molar-refractivity contribution in [2.75, 3.05) is 6.54 Å². The lowest BCUT2D eigenvalue weighted by Gasteiger charge is -2.04. The lowest BCUT2D eigenvalue weighted by molar-refractivity contribution is 0.629. The molecule has 0 aromatic heterocycles. The molecule has 0 amide bonds. The van der Waals surface area contributed by atoms with Gasteiger partial charge in [-0.2, -0.15) is 0 Å². The van der Waals surface area contributed by atoms with Gasteiger partial charge < -0.3 is 5.73 Å². The minimum atomic E-state index is -0.193. The van der Waals surface area contributed by atoms with Gasteiger partial charge in [-0.05, 0) is 41.4 Å². The zero-order valence-corrected chi connectivity index (χ0v) is 9.06. The van der Waals surface area contributed by atoms with Crippen LogP contribution in [-0.4, -0.2) is 6.54 Å². The second-order valence-electron chi connectivity index (χ2n) is 3.32. The summed E-state index contributed by atoms with van der Waals surface area (Å²) in [7, 11) is 0. The Morgan fingerprint density at radius 2 is 1.93 bits per heavy atom. The summed E-state index contributed by atoms with van der Waals surface area (Å²) in [4.78, 5) is 0. The Morgan fingerprint density at radius 1 is 1.13 bits per heavy atom. The zero-order chi connectivity index (χ0) is 9.97. The number of rotatable bonds is 2. The summed E-state index contributed by atoms with van der Waals surface area (Å²) >= 11 is 0. The largest absolute Gasteiger partial charge is 0.330 e. The van der Waals surface area contributed by atoms with Gasteiger partial charge in [0.15, 0.2) is 0 Å². The van der Waals surface area contributed by atoms with Crippen LogP contribution in [-0.2, 0) is 6.42 Å². The van der Waals surface area contributed by atoms with Crippen LogP contribution >= 0.6 is 12.4 Å². The molecule has 0 aliphatic rings. The van der Waals surface area contributed by atoms with Gasteiger partial charge in [-0.15, -0.1) is 12.4 Å². The third-order valence-electron chi connectivity index (χ3n) is 2.35. The van der Waals surface area contributed by atoms with Crippen LogP contribution in [0.25, 0.3) is 10.8 Å². The van der Waals surface area contributed by atoms with Crippen LogP contribution in [0.3, 0.4) is 0 Å². The minimum Gasteiger partial charge on any atom is -0.330 e. The molecule has 0 radical (unpaired) electrons. The van der Waals surface area contributed by atoms with Crippen molar-refractivity contribution in [3.05, 3.63) is 47.8 Å². The third kappa shape index (κ3) is 2.46. The number of fused-ring (bicyclic) bond motifs is 1. The van der Waals surface area contributed by atoms with E-state index in [-0.39, 0.29) is 18.2 Å². The molecule has 2 rings (SSSR count). The third-order valence-corrected chi connectivity index (χ3v) is 2.35. The fourth-order valence-corrected chi connectivity index (χ4v) is 1.68. The van der Waals surface area contributed by atoms with E-state index in [2.05, 4.69) is 0 Å². The number of halogens is 2. The van der Waals surface area contributed by atoms with Crippen molar-refractivity contribution in [3.8, 4) is 0 Å². The highest BCUT2D eigenvalue weighted by Gasteiger charge is 2.00. The first-order valence-electron chi connectivity index (χ1n) is 4.68. The fourth-order valence-electron chi connectivity index (χ4n) is 1.68. The quantitative estimate of drug-likeness (QED) is 0.836. The molecule has 0 atom stereocenters. The Bertz CT molecular complexity index is 456. The van der Waals surface area contributed by atoms with Gasteiger partial charge in [0.1, 0.15) is 5.82 Å². The van der Waals surface area contributed by atoms with E-state index in [0.717, 1.165) is 22.8 Å². The molecule has 0 unspecified atom stereocenters. The lowest BCUT2D eigenvalue weighted by Crippen LogP contribution is -2.03. The van der Waals surface area contributed by atoms with Gasteiger partial charge in [0.25, 0.3) is 0 Å². The van der Waals surface area contributed by atoms with Gasteiger partial charge in [-0.3, -0.25) is 0 Å². The molecule has 15 heavy (non-hydrogen) atoms. The van der Waals surface area contributed by atoms with Crippen molar-refractivity contribution in [1.82, 2.24) is 0 Å². The van der Waals surface area contributed by atoms with Gasteiger partial charge in [0, 0.05) is 0 Å². The summed E-state index contributed by atoms with van der Waals surface area (Å²) in [6.07, 6.45) is 0.792. The molecule has 0 aliphatic carbocycles. The van der Waals surface area contributed by atoms with Crippen LogP contribution in [0.2, 0.25) is 0 Å². The molecule has 80 valence electrons. The lowest BCUT2D eigenvalue weighted by atomic mass is 10.0. The molecule has 0 heterocycles. The normalized spacial score (nSPS) is 10.0. The van der Waals surface area contributed by atoms with Crippen LogP contribution in [0.15, 0.2) is 36.4 Å². The van der Waals surface area contributed by atoms with E-state index in [0.29, 0.717) is 6.54 Å². The van der Waals surface area contributed by atoms with E-state index in [1.807, 2.05) is 18.2 Å². The first-order valence-corrected chi connectivity index (χ1v) is 4.68. The summed E-state index contributed by atoms with van der Waals surface area (Å²) in [6.45, 7) is 0.593. The van der Waals surface area contributed by atoms with Crippen LogP contribution in [0.5, 0.6) is 0 Å². The molecule has 0 saturated heterocycles. The van der Waals surface area contributed by atoms with Crippen molar-refractivity contribution in [2.24, 2.45) is 5.73 Å². The number of hydrogen-bond donors (Lipinski definition) is 1. The van der Waals surface area contributed by atoms with Crippen LogP contribution < -0.4 is 5.73 Å². The highest BCUT2D eigenvalue weighted by molar-refractivity contribution is 5.86. The first-order chi connectivity index (χ1) is 6.81. The summed E-state index contributed by atoms with van der Waals surface area (Å²) in [5.74, 6) is -0.193. The topological polar surface area (TPSA) is 26.0 Å². The van der Waals surface area contributed by atoms with E-state index >= 15 is 0 Å². The molecule has 2 aromatic carbocycles. The molecule has 3 heteroatoms. The summed E-state index contributed by atoms with van der Waals surface area (Å²) in [5, 5.41) is 2.04. The molecule has 2 aromatic rings. The molecule has 0 spiro atoms. The number of hydrogen-bond acceptors (Lipinski definition) is 1. The van der Waals surface area contributed by atoms with Crippen molar-refractivity contribution < 1.29 is 4.39 Å². The maximum Gasteiger partial charge on any atom is 0.123 e. The zero-order valence-electron chi connectivity index (χ0n) is 8.24. The molecular formula is C12H13ClFN. The summed E-state index contributed by atoms with van der Waals surface area (Å²) in [6, 6.07) is 10.8. The van der Waals surface area contributed by atoms with Crippen molar-refractivity contribution >= 4 is 23.2 Å². The monoisotopic (exact) mass is 225 g/mol. The Hall–Kier alpha value is -1.12. The molecule has 0 aliphatic heterocycles. The van der Waals surface area contributed by atoms with Gasteiger partial charge in [0.05, 0.1) is 0 Å². The summed E-state index contributed by atoms with van der Waals surface area (Å²) in [5.41, 5.74) is 6.61. The molecule has 1 nitrogen and oxygen atoms in total. The molecule has 2 N–H and O–H groups in total. The SMILES string of the molecule is Cl.NCCc1cccc2ccc(F)cc12. The highest BCUT2D eigenvalue weighted by atomic mass is 35.5. The molecular weight excluding hydrogens is 213 g/mol. The Kier molecular flexibility index (Phi) is 4.06. The van der Waals surface area contributed by atoms with Crippen molar-refractivity contribution in [2.45, 2.75) is 6.42 Å². The maximum absolute atomic E-state index is 13.0. The molecule has 0 fully saturated rings. The number of benzene rings is 2. The Balaban J connectivity index is 0.00000112. The van der Waals surface area contributed by atoms with E-state index in [9.17, 15) is 4.39 Å². The highest BCUT2D eigenvalue weighted by Crippen LogP contribution is 2.20. The standard InChI is InChI=1S/C12H12FN.ClH/c13-11-5-4-9-2-1-3-10(6-7-14)12(9)8-11;/h1-5,8H,6-7,14H2;1H. The van der Waals surface area contributed by atoms with Gasteiger partial charge in [-0.1, -0.05) is 24.3 Å². The predicted molar refractivity (Wildman–Crippen MR) is 63.9 cm³/mol. The molecule has 0 saturated carbocycles. The van der Waals surface area contributed by atoms with Crippen LogP contribution in [0.4, 0.5) is 4.39 Å². The average molecular weight is 226 g/mol. The predicted octanol–water partition coefficient (Wildman–Crippen LogP) is 2.90. The van der Waals surface area contributed by atoms with Gasteiger partial charge in [0.2, 0.25) is 0 Å². The second-order valence-corrected chi connectivity index (χ2v) is 3.32. The summed E-state index contributed by atoms with van der Waals surface area (Å²) < 4.78 is 13.0. The second kappa shape index (κ2) is 5.10. The Morgan fingerprint density at radius 3 is 2.67 bits per heavy atom. The van der Waals surface area contributed by atoms with Crippen LogP contribution in [0, 0.1) is 5.82 Å². The Labute approximate surface area is 94.5 Å². The minimum absolute atomic E-state index is 0. The van der Waals surface area contributed by atoms with Crippen molar-refractivity contribution in [1.29, 1.82) is 0 Å². The van der Waals surface area contributed by atoms with Gasteiger partial charge >= 0.3 is 0 Å². The van der Waals surface area contributed by atoms with E-state index in [1.165, 1.54) is 6.07 Å². The van der Waals surface area contributed by atoms with E-state index < -0.39 is 0 Å². The smallest absolute Gasteiger partial charge is 0.123 e. The molecule has 0 bridgehead atoms. The van der Waals surface area contributed by atoms with E-state index in [4.69, 9.17) is 5.73 Å².